The maximum atomic E-state index is 12.5. The normalized spacial score (nSPS) is 14.1. The number of rotatable bonds is 8. The third-order valence-electron chi connectivity index (χ3n) is 5.07. The Morgan fingerprint density at radius 1 is 0.893 bits per heavy atom. The van der Waals surface area contributed by atoms with E-state index >= 15 is 0 Å². The lowest BCUT2D eigenvalue weighted by Gasteiger charge is -2.14. The molecule has 0 spiro atoms. The van der Waals surface area contributed by atoms with E-state index < -0.39 is 11.7 Å². The van der Waals surface area contributed by atoms with Gasteiger partial charge >= 0.3 is 6.18 Å². The third-order valence-corrected chi connectivity index (χ3v) is 5.07. The Bertz CT molecular complexity index is 762. The first-order valence-electron chi connectivity index (χ1n) is 9.68. The smallest absolute Gasteiger partial charge is 0.352 e. The minimum Gasteiger partial charge on any atom is -0.352 e. The Kier molecular flexibility index (Phi) is 6.73. The van der Waals surface area contributed by atoms with Crippen LogP contribution in [0.5, 0.6) is 0 Å². The first kappa shape index (κ1) is 20.4. The molecule has 0 aliphatic carbocycles. The molecular weight excluding hydrogens is 365 g/mol. The van der Waals surface area contributed by atoms with E-state index in [9.17, 15) is 18.0 Å². The Balaban J connectivity index is 1.27. The monoisotopic (exact) mass is 390 g/mol. The van der Waals surface area contributed by atoms with Gasteiger partial charge in [-0.25, -0.2) is 0 Å². The molecule has 1 amide bonds. The molecule has 0 saturated carbocycles. The molecule has 0 aromatic heterocycles. The Labute approximate surface area is 163 Å². The van der Waals surface area contributed by atoms with E-state index in [0.29, 0.717) is 6.54 Å². The van der Waals surface area contributed by atoms with Crippen LogP contribution in [0.1, 0.15) is 52.7 Å². The number of hydrogen-bond acceptors (Lipinski definition) is 2. The zero-order valence-electron chi connectivity index (χ0n) is 15.8. The van der Waals surface area contributed by atoms with Crippen molar-refractivity contribution in [3.05, 3.63) is 70.8 Å². The van der Waals surface area contributed by atoms with Crippen molar-refractivity contribution < 1.29 is 18.0 Å². The molecule has 0 radical (unpaired) electrons. The summed E-state index contributed by atoms with van der Waals surface area (Å²) in [6.45, 7) is 3.67. The number of hydrogen-bond donors (Lipinski definition) is 1. The fraction of sp³-hybridized carbons (Fsp3) is 0.409. The highest BCUT2D eigenvalue weighted by Gasteiger charge is 2.30. The molecule has 0 saturated heterocycles. The Morgan fingerprint density at radius 3 is 2.11 bits per heavy atom. The number of benzene rings is 2. The van der Waals surface area contributed by atoms with E-state index in [1.165, 1.54) is 23.3 Å². The van der Waals surface area contributed by atoms with Crippen LogP contribution in [0.2, 0.25) is 0 Å². The predicted octanol–water partition coefficient (Wildman–Crippen LogP) is 5.01. The van der Waals surface area contributed by atoms with Gasteiger partial charge < -0.3 is 5.32 Å². The van der Waals surface area contributed by atoms with E-state index in [1.807, 2.05) is 0 Å². The molecule has 6 heteroatoms. The summed E-state index contributed by atoms with van der Waals surface area (Å²) in [5, 5.41) is 2.77. The van der Waals surface area contributed by atoms with E-state index in [1.54, 1.807) is 0 Å². The second-order valence-electron chi connectivity index (χ2n) is 7.22. The van der Waals surface area contributed by atoms with Gasteiger partial charge in [0.15, 0.2) is 0 Å². The van der Waals surface area contributed by atoms with Crippen LogP contribution < -0.4 is 5.32 Å². The number of halogens is 3. The SMILES string of the molecule is O=C(NCCCCCCN1Cc2ccccc2C1)c1ccc(C(F)(F)F)cc1. The summed E-state index contributed by atoms with van der Waals surface area (Å²) < 4.78 is 37.6. The van der Waals surface area contributed by atoms with E-state index in [2.05, 4.69) is 34.5 Å². The average Bonchev–Trinajstić information content (AvgIpc) is 3.09. The van der Waals surface area contributed by atoms with Crippen molar-refractivity contribution >= 4 is 5.91 Å². The minimum atomic E-state index is -4.38. The first-order chi connectivity index (χ1) is 13.4. The number of amides is 1. The summed E-state index contributed by atoms with van der Waals surface area (Å²) in [6, 6.07) is 12.8. The van der Waals surface area contributed by atoms with E-state index in [4.69, 9.17) is 0 Å². The highest BCUT2D eigenvalue weighted by molar-refractivity contribution is 5.94. The summed E-state index contributed by atoms with van der Waals surface area (Å²) in [5.41, 5.74) is 2.36. The van der Waals surface area contributed by atoms with Crippen LogP contribution in [0.15, 0.2) is 48.5 Å². The van der Waals surface area contributed by atoms with Crippen molar-refractivity contribution in [2.45, 2.75) is 44.9 Å². The number of nitrogens with one attached hydrogen (secondary N) is 1. The van der Waals surface area contributed by atoms with E-state index in [-0.39, 0.29) is 11.5 Å². The second-order valence-corrected chi connectivity index (χ2v) is 7.22. The van der Waals surface area contributed by atoms with Crippen molar-refractivity contribution in [2.75, 3.05) is 13.1 Å². The molecule has 0 bridgehead atoms. The summed E-state index contributed by atoms with van der Waals surface area (Å²) in [7, 11) is 0. The molecule has 150 valence electrons. The van der Waals surface area contributed by atoms with Gasteiger partial charge in [-0.2, -0.15) is 13.2 Å². The van der Waals surface area contributed by atoms with Crippen molar-refractivity contribution in [2.24, 2.45) is 0 Å². The van der Waals surface area contributed by atoms with Gasteiger partial charge in [-0.05, 0) is 54.8 Å². The van der Waals surface area contributed by atoms with Gasteiger partial charge in [0, 0.05) is 25.2 Å². The summed E-state index contributed by atoms with van der Waals surface area (Å²) in [4.78, 5) is 14.4. The van der Waals surface area contributed by atoms with Gasteiger partial charge in [0.1, 0.15) is 0 Å². The van der Waals surface area contributed by atoms with Crippen LogP contribution in [0.4, 0.5) is 13.2 Å². The van der Waals surface area contributed by atoms with Gasteiger partial charge in [0.05, 0.1) is 5.56 Å². The fourth-order valence-corrected chi connectivity index (χ4v) is 3.49. The van der Waals surface area contributed by atoms with Crippen LogP contribution in [0.25, 0.3) is 0 Å². The van der Waals surface area contributed by atoms with Crippen LogP contribution in [-0.2, 0) is 19.3 Å². The van der Waals surface area contributed by atoms with Crippen molar-refractivity contribution in [3.8, 4) is 0 Å². The largest absolute Gasteiger partial charge is 0.416 e. The third kappa shape index (κ3) is 5.58. The molecule has 2 aromatic rings. The molecule has 2 aromatic carbocycles. The van der Waals surface area contributed by atoms with Crippen LogP contribution in [0.3, 0.4) is 0 Å². The number of fused-ring (bicyclic) bond motifs is 1. The Morgan fingerprint density at radius 2 is 1.50 bits per heavy atom. The molecule has 3 rings (SSSR count). The first-order valence-corrected chi connectivity index (χ1v) is 9.68. The molecule has 1 heterocycles. The molecule has 1 aliphatic heterocycles. The predicted molar refractivity (Wildman–Crippen MR) is 103 cm³/mol. The lowest BCUT2D eigenvalue weighted by atomic mass is 10.1. The number of unbranched alkanes of at least 4 members (excludes halogenated alkanes) is 3. The molecule has 3 nitrogen and oxygen atoms in total. The van der Waals surface area contributed by atoms with Gasteiger partial charge in [0.25, 0.3) is 5.91 Å². The van der Waals surface area contributed by atoms with Gasteiger partial charge in [-0.1, -0.05) is 37.1 Å². The summed E-state index contributed by atoms with van der Waals surface area (Å²) in [5.74, 6) is -0.330. The van der Waals surface area contributed by atoms with Gasteiger partial charge in [-0.15, -0.1) is 0 Å². The molecule has 0 atom stereocenters. The highest BCUT2D eigenvalue weighted by atomic mass is 19.4. The molecule has 0 fully saturated rings. The summed E-state index contributed by atoms with van der Waals surface area (Å²) in [6.07, 6.45) is -0.266. The van der Waals surface area contributed by atoms with Crippen LogP contribution in [0, 0.1) is 0 Å². The number of carbonyl (C=O) groups excluding carboxylic acids is 1. The summed E-state index contributed by atoms with van der Waals surface area (Å²) >= 11 is 0. The standard InChI is InChI=1S/C22H25F3N2O/c23-22(24,25)20-11-9-17(10-12-20)21(28)26-13-5-1-2-6-14-27-15-18-7-3-4-8-19(18)16-27/h3-4,7-12H,1-2,5-6,13-16H2,(H,26,28). The van der Waals surface area contributed by atoms with Gasteiger partial charge in [-0.3, -0.25) is 9.69 Å². The Hall–Kier alpha value is -2.34. The van der Waals surface area contributed by atoms with E-state index in [0.717, 1.165) is 57.5 Å². The lowest BCUT2D eigenvalue weighted by molar-refractivity contribution is -0.137. The molecule has 0 unspecified atom stereocenters. The quantitative estimate of drug-likeness (QED) is 0.643. The highest BCUT2D eigenvalue weighted by Crippen LogP contribution is 2.29. The maximum Gasteiger partial charge on any atom is 0.416 e. The van der Waals surface area contributed by atoms with Gasteiger partial charge in [0.2, 0.25) is 0 Å². The zero-order valence-corrected chi connectivity index (χ0v) is 15.8. The van der Waals surface area contributed by atoms with Crippen molar-refractivity contribution in [3.63, 3.8) is 0 Å². The topological polar surface area (TPSA) is 32.3 Å². The van der Waals surface area contributed by atoms with Crippen LogP contribution >= 0.6 is 0 Å². The molecule has 28 heavy (non-hydrogen) atoms. The average molecular weight is 390 g/mol. The van der Waals surface area contributed by atoms with Crippen LogP contribution in [-0.4, -0.2) is 23.9 Å². The number of carbonyl (C=O) groups is 1. The maximum absolute atomic E-state index is 12.5. The zero-order chi connectivity index (χ0) is 20.0. The number of alkyl halides is 3. The molecular formula is C22H25F3N2O. The minimum absolute atomic E-state index is 0.251. The fourth-order valence-electron chi connectivity index (χ4n) is 3.49. The molecule has 1 N–H and O–H groups in total. The second kappa shape index (κ2) is 9.24. The lowest BCUT2D eigenvalue weighted by Crippen LogP contribution is -2.24. The van der Waals surface area contributed by atoms with Crippen molar-refractivity contribution in [1.29, 1.82) is 0 Å². The number of nitrogens with zero attached hydrogens (tertiary/aromatic N) is 1. The molecule has 1 aliphatic rings. The van der Waals surface area contributed by atoms with Crippen molar-refractivity contribution in [1.82, 2.24) is 10.2 Å².